The lowest BCUT2D eigenvalue weighted by molar-refractivity contribution is 0.212. The van der Waals surface area contributed by atoms with Crippen LogP contribution < -0.4 is 10.6 Å². The molecule has 4 aromatic rings. The second-order valence-corrected chi connectivity index (χ2v) is 7.25. The van der Waals surface area contributed by atoms with Crippen molar-refractivity contribution < 1.29 is 0 Å². The quantitative estimate of drug-likeness (QED) is 0.562. The number of imidazole rings is 1. The summed E-state index contributed by atoms with van der Waals surface area (Å²) >= 11 is 0. The molecule has 2 aromatic carbocycles. The predicted molar refractivity (Wildman–Crippen MR) is 115 cm³/mol. The second kappa shape index (κ2) is 7.52. The average molecular weight is 385 g/mol. The van der Waals surface area contributed by atoms with Gasteiger partial charge in [0.2, 0.25) is 5.95 Å². The molecule has 29 heavy (non-hydrogen) atoms. The maximum Gasteiger partial charge on any atom is 0.224 e. The lowest BCUT2D eigenvalue weighted by Gasteiger charge is -2.40. The molecule has 0 atom stereocenters. The van der Waals surface area contributed by atoms with E-state index in [1.807, 2.05) is 0 Å². The predicted octanol–water partition coefficient (Wildman–Crippen LogP) is 2.85. The van der Waals surface area contributed by atoms with Crippen LogP contribution in [0.1, 0.15) is 17.2 Å². The highest BCUT2D eigenvalue weighted by molar-refractivity contribution is 5.84. The standard InChI is InChI=1S/C22H23N7/c23-22-26-20-18(24-15-25-20)21(27-22)29-13-11-28(12-14-29)19(16-7-3-1-4-8-16)17-9-5-2-6-10-17/h1-10,15,19H,11-14H2,(H3,23,24,25,26,27). The van der Waals surface area contributed by atoms with Crippen LogP contribution in [0.15, 0.2) is 67.0 Å². The zero-order chi connectivity index (χ0) is 19.6. The first-order valence-corrected chi connectivity index (χ1v) is 9.85. The van der Waals surface area contributed by atoms with Gasteiger partial charge in [0.1, 0.15) is 5.52 Å². The minimum absolute atomic E-state index is 0.238. The zero-order valence-corrected chi connectivity index (χ0v) is 16.1. The van der Waals surface area contributed by atoms with E-state index in [9.17, 15) is 0 Å². The Morgan fingerprint density at radius 2 is 1.45 bits per heavy atom. The van der Waals surface area contributed by atoms with Crippen LogP contribution in [0.25, 0.3) is 11.2 Å². The number of nitrogens with one attached hydrogen (secondary N) is 1. The summed E-state index contributed by atoms with van der Waals surface area (Å²) in [5.74, 6) is 1.09. The van der Waals surface area contributed by atoms with Crippen LogP contribution in [0.4, 0.5) is 11.8 Å². The molecule has 2 aromatic heterocycles. The van der Waals surface area contributed by atoms with E-state index in [-0.39, 0.29) is 12.0 Å². The zero-order valence-electron chi connectivity index (χ0n) is 16.1. The molecule has 7 heteroatoms. The first-order valence-electron chi connectivity index (χ1n) is 9.85. The number of piperazine rings is 1. The summed E-state index contributed by atoms with van der Waals surface area (Å²) in [7, 11) is 0. The fourth-order valence-corrected chi connectivity index (χ4v) is 4.14. The molecule has 0 aliphatic carbocycles. The Bertz CT molecular complexity index is 1050. The van der Waals surface area contributed by atoms with Gasteiger partial charge < -0.3 is 15.6 Å². The van der Waals surface area contributed by atoms with Gasteiger partial charge in [-0.15, -0.1) is 0 Å². The molecule has 7 nitrogen and oxygen atoms in total. The molecule has 0 saturated carbocycles. The van der Waals surface area contributed by atoms with Crippen molar-refractivity contribution in [3.05, 3.63) is 78.1 Å². The van der Waals surface area contributed by atoms with E-state index in [0.29, 0.717) is 5.65 Å². The van der Waals surface area contributed by atoms with Crippen molar-refractivity contribution in [2.24, 2.45) is 0 Å². The fourth-order valence-electron chi connectivity index (χ4n) is 4.14. The van der Waals surface area contributed by atoms with Crippen LogP contribution in [0.5, 0.6) is 0 Å². The lowest BCUT2D eigenvalue weighted by atomic mass is 9.96. The van der Waals surface area contributed by atoms with Crippen LogP contribution in [0.3, 0.4) is 0 Å². The number of fused-ring (bicyclic) bond motifs is 1. The van der Waals surface area contributed by atoms with Gasteiger partial charge in [-0.1, -0.05) is 60.7 Å². The maximum absolute atomic E-state index is 5.90. The summed E-state index contributed by atoms with van der Waals surface area (Å²) < 4.78 is 0. The Balaban J connectivity index is 1.41. The molecule has 3 N–H and O–H groups in total. The minimum atomic E-state index is 0.238. The normalized spacial score (nSPS) is 15.3. The Hall–Kier alpha value is -3.45. The number of nitrogens with zero attached hydrogens (tertiary/aromatic N) is 5. The van der Waals surface area contributed by atoms with Crippen molar-refractivity contribution in [3.8, 4) is 0 Å². The summed E-state index contributed by atoms with van der Waals surface area (Å²) in [5, 5.41) is 0. The van der Waals surface area contributed by atoms with E-state index in [2.05, 4.69) is 90.4 Å². The number of rotatable bonds is 4. The van der Waals surface area contributed by atoms with Gasteiger partial charge in [0.25, 0.3) is 0 Å². The Morgan fingerprint density at radius 3 is 2.07 bits per heavy atom. The summed E-state index contributed by atoms with van der Waals surface area (Å²) in [4.78, 5) is 20.9. The molecule has 0 amide bonds. The molecule has 5 rings (SSSR count). The number of nitrogens with two attached hydrogens (primary N) is 1. The molecule has 1 aliphatic rings. The second-order valence-electron chi connectivity index (χ2n) is 7.25. The molecule has 0 radical (unpaired) electrons. The number of nitrogen functional groups attached to an aromatic ring is 1. The van der Waals surface area contributed by atoms with Crippen molar-refractivity contribution >= 4 is 22.9 Å². The van der Waals surface area contributed by atoms with Gasteiger partial charge in [0, 0.05) is 26.2 Å². The number of hydrogen-bond acceptors (Lipinski definition) is 6. The molecule has 0 bridgehead atoms. The summed E-state index contributed by atoms with van der Waals surface area (Å²) in [6.45, 7) is 3.57. The Kier molecular flexibility index (Phi) is 4.57. The summed E-state index contributed by atoms with van der Waals surface area (Å²) in [6.07, 6.45) is 1.64. The van der Waals surface area contributed by atoms with Gasteiger partial charge in [-0.3, -0.25) is 4.90 Å². The lowest BCUT2D eigenvalue weighted by Crippen LogP contribution is -2.48. The number of aromatic nitrogens is 4. The first-order chi connectivity index (χ1) is 14.3. The third kappa shape index (κ3) is 3.40. The van der Waals surface area contributed by atoms with Crippen LogP contribution in [-0.2, 0) is 0 Å². The largest absolute Gasteiger partial charge is 0.368 e. The van der Waals surface area contributed by atoms with Gasteiger partial charge in [-0.2, -0.15) is 9.97 Å². The molecule has 146 valence electrons. The SMILES string of the molecule is Nc1nc(N2CCN(C(c3ccccc3)c3ccccc3)CC2)c2[nH]cnc2n1. The van der Waals surface area contributed by atoms with Crippen LogP contribution >= 0.6 is 0 Å². The molecule has 1 fully saturated rings. The highest BCUT2D eigenvalue weighted by Gasteiger charge is 2.28. The number of H-pyrrole nitrogens is 1. The first kappa shape index (κ1) is 17.6. The summed E-state index contributed by atoms with van der Waals surface area (Å²) in [6, 6.07) is 21.7. The topological polar surface area (TPSA) is 87.0 Å². The molecule has 1 aliphatic heterocycles. The van der Waals surface area contributed by atoms with Crippen molar-refractivity contribution in [1.29, 1.82) is 0 Å². The molecule has 0 spiro atoms. The van der Waals surface area contributed by atoms with Gasteiger partial charge in [-0.25, -0.2) is 4.98 Å². The number of hydrogen-bond donors (Lipinski definition) is 2. The fraction of sp³-hybridized carbons (Fsp3) is 0.227. The van der Waals surface area contributed by atoms with Crippen LogP contribution in [0.2, 0.25) is 0 Å². The third-order valence-corrected chi connectivity index (χ3v) is 5.49. The Morgan fingerprint density at radius 1 is 0.828 bits per heavy atom. The van der Waals surface area contributed by atoms with Gasteiger partial charge >= 0.3 is 0 Å². The van der Waals surface area contributed by atoms with Crippen LogP contribution in [-0.4, -0.2) is 51.0 Å². The highest BCUT2D eigenvalue weighted by atomic mass is 15.3. The van der Waals surface area contributed by atoms with E-state index in [0.717, 1.165) is 37.5 Å². The molecular formula is C22H23N7. The number of aromatic amines is 1. The Labute approximate surface area is 169 Å². The number of anilines is 2. The summed E-state index contributed by atoms with van der Waals surface area (Å²) in [5.41, 5.74) is 9.99. The van der Waals surface area contributed by atoms with E-state index in [1.54, 1.807) is 6.33 Å². The monoisotopic (exact) mass is 385 g/mol. The van der Waals surface area contributed by atoms with Crippen molar-refractivity contribution in [2.75, 3.05) is 36.8 Å². The molecule has 0 unspecified atom stereocenters. The van der Waals surface area contributed by atoms with E-state index >= 15 is 0 Å². The van der Waals surface area contributed by atoms with E-state index in [1.165, 1.54) is 11.1 Å². The third-order valence-electron chi connectivity index (χ3n) is 5.49. The molecular weight excluding hydrogens is 362 g/mol. The smallest absolute Gasteiger partial charge is 0.224 e. The molecule has 3 heterocycles. The average Bonchev–Trinajstić information content (AvgIpc) is 3.24. The maximum atomic E-state index is 5.90. The molecule has 1 saturated heterocycles. The van der Waals surface area contributed by atoms with E-state index < -0.39 is 0 Å². The number of benzene rings is 2. The van der Waals surface area contributed by atoms with Gasteiger partial charge in [0.05, 0.1) is 12.4 Å². The minimum Gasteiger partial charge on any atom is -0.368 e. The van der Waals surface area contributed by atoms with Crippen molar-refractivity contribution in [1.82, 2.24) is 24.8 Å². The van der Waals surface area contributed by atoms with Gasteiger partial charge in [0.15, 0.2) is 11.5 Å². The van der Waals surface area contributed by atoms with Crippen molar-refractivity contribution in [3.63, 3.8) is 0 Å². The highest BCUT2D eigenvalue weighted by Crippen LogP contribution is 2.31. The van der Waals surface area contributed by atoms with E-state index in [4.69, 9.17) is 5.73 Å². The van der Waals surface area contributed by atoms with Crippen molar-refractivity contribution in [2.45, 2.75) is 6.04 Å². The van der Waals surface area contributed by atoms with Crippen LogP contribution in [0, 0.1) is 0 Å². The van der Waals surface area contributed by atoms with Gasteiger partial charge in [-0.05, 0) is 11.1 Å².